The molecule has 0 unspecified atom stereocenters. The first-order chi connectivity index (χ1) is 37.9. The van der Waals surface area contributed by atoms with Gasteiger partial charge in [-0.1, -0.05) is 123 Å². The molecule has 0 bridgehead atoms. The highest BCUT2D eigenvalue weighted by Crippen LogP contribution is 2.32. The third kappa shape index (κ3) is 15.0. The van der Waals surface area contributed by atoms with E-state index < -0.39 is 24.2 Å². The predicted octanol–water partition coefficient (Wildman–Crippen LogP) is 8.05. The SMILES string of the molecule is CN[C@@H](C)C(=O)N[C@H](C(=O)N1CCC[C@H]1CN(CCc1ccccc1)C(=O)c1ccc(-c2ccc(C(=O)N(CCc3ccccc3)C[C@@H]3CCCN3C(=O)[C@@H](NC(=O)[C@H](C)NC)C3CCCCC3)cc2)cc1)C1CCCCC1. The van der Waals surface area contributed by atoms with Crippen molar-refractivity contribution in [3.63, 3.8) is 0 Å². The quantitative estimate of drug-likeness (QED) is 0.0580. The van der Waals surface area contributed by atoms with Crippen LogP contribution in [-0.2, 0) is 32.0 Å². The molecule has 2 heterocycles. The van der Waals surface area contributed by atoms with E-state index in [-0.39, 0.29) is 59.4 Å². The maximum Gasteiger partial charge on any atom is 0.253 e. The van der Waals surface area contributed by atoms with Gasteiger partial charge in [-0.25, -0.2) is 0 Å². The van der Waals surface area contributed by atoms with E-state index in [2.05, 4.69) is 45.5 Å². The molecule has 4 N–H and O–H groups in total. The second kappa shape index (κ2) is 28.5. The molecule has 78 heavy (non-hydrogen) atoms. The summed E-state index contributed by atoms with van der Waals surface area (Å²) in [5.41, 5.74) is 5.17. The number of hydrogen-bond donors (Lipinski definition) is 4. The first-order valence-electron chi connectivity index (χ1n) is 29.4. The first kappa shape index (κ1) is 57.8. The lowest BCUT2D eigenvalue weighted by molar-refractivity contribution is -0.139. The van der Waals surface area contributed by atoms with Crippen LogP contribution in [0.25, 0.3) is 11.1 Å². The number of rotatable bonds is 23. The zero-order valence-corrected chi connectivity index (χ0v) is 46.8. The highest BCUT2D eigenvalue weighted by molar-refractivity contribution is 5.96. The Balaban J connectivity index is 0.969. The molecule has 0 spiro atoms. The van der Waals surface area contributed by atoms with E-state index in [9.17, 15) is 28.8 Å². The fourth-order valence-corrected chi connectivity index (χ4v) is 12.4. The van der Waals surface area contributed by atoms with Crippen molar-refractivity contribution in [1.82, 2.24) is 40.9 Å². The Morgan fingerprint density at radius 2 is 0.833 bits per heavy atom. The summed E-state index contributed by atoms with van der Waals surface area (Å²) < 4.78 is 0. The van der Waals surface area contributed by atoms with E-state index in [1.807, 2.05) is 118 Å². The number of carbonyl (C=O) groups excluding carboxylic acids is 6. The smallest absolute Gasteiger partial charge is 0.253 e. The van der Waals surface area contributed by atoms with Crippen LogP contribution in [0.3, 0.4) is 0 Å². The Morgan fingerprint density at radius 3 is 1.18 bits per heavy atom. The molecule has 4 aromatic rings. The van der Waals surface area contributed by atoms with Crippen molar-refractivity contribution in [3.8, 4) is 11.1 Å². The summed E-state index contributed by atoms with van der Waals surface area (Å²) in [6, 6.07) is 33.2. The average molecular weight is 1060 g/mol. The molecule has 6 atom stereocenters. The largest absolute Gasteiger partial charge is 0.343 e. The molecule has 4 fully saturated rings. The fourth-order valence-electron chi connectivity index (χ4n) is 12.4. The Kier molecular flexibility index (Phi) is 21.1. The summed E-state index contributed by atoms with van der Waals surface area (Å²) >= 11 is 0. The zero-order chi connectivity index (χ0) is 55.0. The molecule has 4 aromatic carbocycles. The summed E-state index contributed by atoms with van der Waals surface area (Å²) in [4.78, 5) is 92.8. The van der Waals surface area contributed by atoms with Crippen molar-refractivity contribution in [1.29, 1.82) is 0 Å². The molecule has 4 aliphatic rings. The second-order valence-corrected chi connectivity index (χ2v) is 22.6. The van der Waals surface area contributed by atoms with Gasteiger partial charge in [0.25, 0.3) is 11.8 Å². The van der Waals surface area contributed by atoms with Crippen LogP contribution < -0.4 is 21.3 Å². The van der Waals surface area contributed by atoms with E-state index >= 15 is 0 Å². The van der Waals surface area contributed by atoms with E-state index in [0.717, 1.165) is 112 Å². The van der Waals surface area contributed by atoms with Gasteiger partial charge < -0.3 is 40.9 Å². The molecule has 14 heteroatoms. The van der Waals surface area contributed by atoms with Gasteiger partial charge >= 0.3 is 0 Å². The predicted molar refractivity (Wildman–Crippen MR) is 308 cm³/mol. The molecular formula is C64H86N8O6. The third-order valence-electron chi connectivity index (χ3n) is 17.4. The Morgan fingerprint density at radius 1 is 0.474 bits per heavy atom. The van der Waals surface area contributed by atoms with Crippen LogP contribution in [0.2, 0.25) is 0 Å². The van der Waals surface area contributed by atoms with Crippen molar-refractivity contribution < 1.29 is 28.8 Å². The van der Waals surface area contributed by atoms with Crippen molar-refractivity contribution in [2.75, 3.05) is 53.4 Å². The Labute approximate surface area is 463 Å². The van der Waals surface area contributed by atoms with Gasteiger partial charge in [0.15, 0.2) is 0 Å². The summed E-state index contributed by atoms with van der Waals surface area (Å²) in [5.74, 6) is -0.474. The standard InChI is InChI=1S/C64H86N8O6/c1-45(65-3)59(73)67-57(51-23-13-7-14-24-51)63(77)71-39-17-27-55(71)43-69(41-37-47-19-9-5-10-20-47)61(75)53-33-29-49(30-34-53)50-31-35-54(36-32-50)62(76)70(42-38-48-21-11-6-12-22-48)44-56-28-18-40-72(56)64(78)58(52-25-15-8-16-26-52)68-60(74)46(2)66-4/h5-6,9-12,19-22,29-36,45-46,51-52,55-58,65-66H,7-8,13-18,23-28,37-44H2,1-4H3,(H,67,73)(H,68,74)/t45-,46-,55-,56-,57-,58-/m0/s1. The van der Waals surface area contributed by atoms with Crippen molar-refractivity contribution >= 4 is 35.4 Å². The van der Waals surface area contributed by atoms with Crippen molar-refractivity contribution in [3.05, 3.63) is 131 Å². The highest BCUT2D eigenvalue weighted by atomic mass is 16.2. The van der Waals surface area contributed by atoms with Crippen LogP contribution >= 0.6 is 0 Å². The molecule has 2 saturated carbocycles. The van der Waals surface area contributed by atoms with Crippen LogP contribution in [0.5, 0.6) is 0 Å². The van der Waals surface area contributed by atoms with Crippen molar-refractivity contribution in [2.45, 2.75) is 153 Å². The Bertz CT molecular complexity index is 2410. The van der Waals surface area contributed by atoms with Gasteiger partial charge in [0.05, 0.1) is 12.1 Å². The molecule has 0 radical (unpaired) electrons. The maximum atomic E-state index is 14.7. The topological polar surface area (TPSA) is 163 Å². The van der Waals surface area contributed by atoms with Crippen molar-refractivity contribution in [2.24, 2.45) is 11.8 Å². The van der Waals surface area contributed by atoms with Crippen LogP contribution in [0.4, 0.5) is 0 Å². The zero-order valence-electron chi connectivity index (χ0n) is 46.8. The molecule has 0 aromatic heterocycles. The third-order valence-corrected chi connectivity index (χ3v) is 17.4. The number of likely N-dealkylation sites (N-methyl/N-ethyl adjacent to an activating group) is 2. The number of amides is 6. The molecule has 2 aliphatic heterocycles. The molecule has 6 amide bonds. The van der Waals surface area contributed by atoms with Crippen LogP contribution in [0, 0.1) is 11.8 Å². The van der Waals surface area contributed by atoms with Crippen LogP contribution in [-0.4, -0.2) is 145 Å². The Hall–Kier alpha value is -6.38. The molecule has 2 saturated heterocycles. The lowest BCUT2D eigenvalue weighted by Gasteiger charge is -2.37. The van der Waals surface area contributed by atoms with Gasteiger partial charge in [-0.3, -0.25) is 28.8 Å². The summed E-state index contributed by atoms with van der Waals surface area (Å²) in [6.07, 6.45) is 14.6. The monoisotopic (exact) mass is 1060 g/mol. The minimum Gasteiger partial charge on any atom is -0.343 e. The van der Waals surface area contributed by atoms with E-state index in [1.54, 1.807) is 14.1 Å². The lowest BCUT2D eigenvalue weighted by atomic mass is 9.83. The van der Waals surface area contributed by atoms with Gasteiger partial charge in [0, 0.05) is 62.5 Å². The molecule has 14 nitrogen and oxygen atoms in total. The normalized spacial score (nSPS) is 19.6. The fraction of sp³-hybridized carbons (Fsp3) is 0.531. The number of benzene rings is 4. The number of hydrogen-bond acceptors (Lipinski definition) is 8. The number of likely N-dealkylation sites (tertiary alicyclic amines) is 2. The molecule has 8 rings (SSSR count). The van der Waals surface area contributed by atoms with E-state index in [0.29, 0.717) is 63.2 Å². The van der Waals surface area contributed by atoms with Crippen LogP contribution in [0.1, 0.15) is 136 Å². The van der Waals surface area contributed by atoms with E-state index in [1.165, 1.54) is 0 Å². The second-order valence-electron chi connectivity index (χ2n) is 22.6. The minimum absolute atomic E-state index is 0.0397. The molecule has 2 aliphatic carbocycles. The number of nitrogens with zero attached hydrogens (tertiary/aromatic N) is 4. The van der Waals surface area contributed by atoms with Gasteiger partial charge in [-0.2, -0.15) is 0 Å². The van der Waals surface area contributed by atoms with E-state index in [4.69, 9.17) is 0 Å². The number of nitrogens with one attached hydrogen (secondary N) is 4. The summed E-state index contributed by atoms with van der Waals surface area (Å²) in [5, 5.41) is 12.3. The summed E-state index contributed by atoms with van der Waals surface area (Å²) in [7, 11) is 3.50. The average Bonchev–Trinajstić information content (AvgIpc) is 4.21. The maximum absolute atomic E-state index is 14.7. The van der Waals surface area contributed by atoms with Crippen LogP contribution in [0.15, 0.2) is 109 Å². The highest BCUT2D eigenvalue weighted by Gasteiger charge is 2.41. The number of carbonyl (C=O) groups is 6. The van der Waals surface area contributed by atoms with Gasteiger partial charge in [-0.05, 0) is 151 Å². The first-order valence-corrected chi connectivity index (χ1v) is 29.4. The minimum atomic E-state index is -0.597. The molecular weight excluding hydrogens is 977 g/mol. The van der Waals surface area contributed by atoms with Gasteiger partial charge in [0.2, 0.25) is 23.6 Å². The lowest BCUT2D eigenvalue weighted by Crippen LogP contribution is -2.57. The van der Waals surface area contributed by atoms with Gasteiger partial charge in [-0.15, -0.1) is 0 Å². The molecule has 418 valence electrons. The summed E-state index contributed by atoms with van der Waals surface area (Å²) in [6.45, 7) is 6.54. The van der Waals surface area contributed by atoms with Gasteiger partial charge in [0.1, 0.15) is 12.1 Å².